The van der Waals surface area contributed by atoms with Crippen LogP contribution in [-0.4, -0.2) is 28.0 Å². The van der Waals surface area contributed by atoms with Gasteiger partial charge in [0, 0.05) is 36.6 Å². The average molecular weight is 345 g/mol. The Balaban J connectivity index is 1.53. The van der Waals surface area contributed by atoms with E-state index in [1.165, 1.54) is 5.56 Å². The summed E-state index contributed by atoms with van der Waals surface area (Å²) in [6.07, 6.45) is 4.02. The first kappa shape index (κ1) is 16.5. The van der Waals surface area contributed by atoms with E-state index in [1.807, 2.05) is 13.0 Å². The molecule has 2 N–H and O–H groups in total. The number of nitrogens with zero attached hydrogens (tertiary/aromatic N) is 4. The lowest BCUT2D eigenvalue weighted by Gasteiger charge is -2.33. The minimum Gasteiger partial charge on any atom is -0.384 e. The minimum absolute atomic E-state index is 0.504. The lowest BCUT2D eigenvalue weighted by Crippen LogP contribution is -2.33. The summed E-state index contributed by atoms with van der Waals surface area (Å²) in [4.78, 5) is 15.9. The Morgan fingerprint density at radius 3 is 2.46 bits per heavy atom. The molecule has 26 heavy (non-hydrogen) atoms. The highest BCUT2D eigenvalue weighted by atomic mass is 15.2. The SMILES string of the molecule is Cc1cc(N2CCC(c3ccccc3)CC2)nc(-c2ccc(N)nc2)n1. The van der Waals surface area contributed by atoms with Crippen molar-refractivity contribution in [3.8, 4) is 11.4 Å². The average Bonchev–Trinajstić information content (AvgIpc) is 2.69. The molecule has 5 heteroatoms. The van der Waals surface area contributed by atoms with Crippen LogP contribution in [0.25, 0.3) is 11.4 Å². The molecule has 0 aliphatic carbocycles. The maximum absolute atomic E-state index is 5.68. The van der Waals surface area contributed by atoms with Gasteiger partial charge < -0.3 is 10.6 Å². The lowest BCUT2D eigenvalue weighted by molar-refractivity contribution is 0.502. The maximum atomic E-state index is 5.68. The van der Waals surface area contributed by atoms with Gasteiger partial charge >= 0.3 is 0 Å². The summed E-state index contributed by atoms with van der Waals surface area (Å²) in [7, 11) is 0. The molecule has 5 nitrogen and oxygen atoms in total. The molecule has 0 atom stereocenters. The number of pyridine rings is 1. The van der Waals surface area contributed by atoms with Crippen LogP contribution in [-0.2, 0) is 0 Å². The van der Waals surface area contributed by atoms with E-state index in [4.69, 9.17) is 10.7 Å². The predicted octanol–water partition coefficient (Wildman–Crippen LogP) is 3.81. The molecule has 0 bridgehead atoms. The number of rotatable bonds is 3. The lowest BCUT2D eigenvalue weighted by atomic mass is 9.89. The number of hydrogen-bond acceptors (Lipinski definition) is 5. The van der Waals surface area contributed by atoms with Crippen LogP contribution in [0.4, 0.5) is 11.6 Å². The number of nitrogens with two attached hydrogens (primary N) is 1. The number of hydrogen-bond donors (Lipinski definition) is 1. The molecular weight excluding hydrogens is 322 g/mol. The molecule has 2 aromatic heterocycles. The van der Waals surface area contributed by atoms with E-state index in [-0.39, 0.29) is 0 Å². The van der Waals surface area contributed by atoms with E-state index in [2.05, 4.69) is 51.3 Å². The van der Waals surface area contributed by atoms with Crippen molar-refractivity contribution in [3.63, 3.8) is 0 Å². The monoisotopic (exact) mass is 345 g/mol. The van der Waals surface area contributed by atoms with Gasteiger partial charge in [-0.05, 0) is 43.4 Å². The van der Waals surface area contributed by atoms with Gasteiger partial charge in [0.2, 0.25) is 0 Å². The van der Waals surface area contributed by atoms with Crippen molar-refractivity contribution in [1.29, 1.82) is 0 Å². The quantitative estimate of drug-likeness (QED) is 0.782. The van der Waals surface area contributed by atoms with Crippen molar-refractivity contribution in [2.45, 2.75) is 25.7 Å². The summed E-state index contributed by atoms with van der Waals surface area (Å²) in [5.41, 5.74) is 8.98. The van der Waals surface area contributed by atoms with Gasteiger partial charge in [0.25, 0.3) is 0 Å². The van der Waals surface area contributed by atoms with E-state index in [1.54, 1.807) is 12.3 Å². The number of aromatic nitrogens is 3. The van der Waals surface area contributed by atoms with Crippen LogP contribution >= 0.6 is 0 Å². The maximum Gasteiger partial charge on any atom is 0.163 e. The van der Waals surface area contributed by atoms with Gasteiger partial charge in [-0.25, -0.2) is 15.0 Å². The largest absolute Gasteiger partial charge is 0.384 e. The Labute approximate surface area is 153 Å². The van der Waals surface area contributed by atoms with E-state index in [0.29, 0.717) is 17.6 Å². The molecule has 1 aliphatic rings. The van der Waals surface area contributed by atoms with Gasteiger partial charge in [-0.15, -0.1) is 0 Å². The first-order valence-electron chi connectivity index (χ1n) is 9.06. The third kappa shape index (κ3) is 3.52. The third-order valence-corrected chi connectivity index (χ3v) is 4.98. The van der Waals surface area contributed by atoms with Gasteiger partial charge in [-0.2, -0.15) is 0 Å². The summed E-state index contributed by atoms with van der Waals surface area (Å²) in [6, 6.07) is 16.6. The fraction of sp³-hybridized carbons (Fsp3) is 0.286. The van der Waals surface area contributed by atoms with E-state index < -0.39 is 0 Å². The molecule has 3 aromatic rings. The van der Waals surface area contributed by atoms with Gasteiger partial charge in [-0.1, -0.05) is 30.3 Å². The Morgan fingerprint density at radius 2 is 1.77 bits per heavy atom. The van der Waals surface area contributed by atoms with Gasteiger partial charge in [0.05, 0.1) is 0 Å². The molecule has 1 saturated heterocycles. The van der Waals surface area contributed by atoms with Crippen molar-refractivity contribution >= 4 is 11.6 Å². The van der Waals surface area contributed by atoms with Gasteiger partial charge in [0.1, 0.15) is 11.6 Å². The van der Waals surface area contributed by atoms with Crippen molar-refractivity contribution in [3.05, 3.63) is 66.0 Å². The molecule has 1 aromatic carbocycles. The third-order valence-electron chi connectivity index (χ3n) is 4.98. The summed E-state index contributed by atoms with van der Waals surface area (Å²) in [5.74, 6) is 2.84. The van der Waals surface area contributed by atoms with Crippen molar-refractivity contribution < 1.29 is 0 Å². The highest BCUT2D eigenvalue weighted by Gasteiger charge is 2.22. The number of nitrogen functional groups attached to an aromatic ring is 1. The molecule has 132 valence electrons. The van der Waals surface area contributed by atoms with E-state index in [9.17, 15) is 0 Å². The van der Waals surface area contributed by atoms with Crippen LogP contribution in [0.3, 0.4) is 0 Å². The zero-order chi connectivity index (χ0) is 17.9. The molecular formula is C21H23N5. The Morgan fingerprint density at radius 1 is 1.00 bits per heavy atom. The standard InChI is InChI=1S/C21H23N5/c1-15-13-20(25-21(24-15)18-7-8-19(22)23-14-18)26-11-9-17(10-12-26)16-5-3-2-4-6-16/h2-8,13-14,17H,9-12H2,1H3,(H2,22,23). The number of aryl methyl sites for hydroxylation is 1. The zero-order valence-electron chi connectivity index (χ0n) is 15.0. The molecule has 0 amide bonds. The molecule has 0 radical (unpaired) electrons. The second kappa shape index (κ2) is 7.12. The second-order valence-corrected chi connectivity index (χ2v) is 6.83. The van der Waals surface area contributed by atoms with Crippen LogP contribution in [0, 0.1) is 6.92 Å². The normalized spacial score (nSPS) is 15.2. The zero-order valence-corrected chi connectivity index (χ0v) is 15.0. The van der Waals surface area contributed by atoms with Crippen molar-refractivity contribution in [2.24, 2.45) is 0 Å². The second-order valence-electron chi connectivity index (χ2n) is 6.83. The Bertz CT molecular complexity index is 869. The van der Waals surface area contributed by atoms with Crippen LogP contribution in [0.2, 0.25) is 0 Å². The smallest absolute Gasteiger partial charge is 0.163 e. The molecule has 1 aliphatic heterocycles. The fourth-order valence-electron chi connectivity index (χ4n) is 3.55. The summed E-state index contributed by atoms with van der Waals surface area (Å²) < 4.78 is 0. The summed E-state index contributed by atoms with van der Waals surface area (Å²) >= 11 is 0. The van der Waals surface area contributed by atoms with Crippen LogP contribution in [0.1, 0.15) is 30.0 Å². The van der Waals surface area contributed by atoms with Gasteiger partial charge in [-0.3, -0.25) is 0 Å². The van der Waals surface area contributed by atoms with Crippen LogP contribution in [0.5, 0.6) is 0 Å². The minimum atomic E-state index is 0.504. The molecule has 4 rings (SSSR count). The first-order valence-corrected chi connectivity index (χ1v) is 9.06. The molecule has 0 spiro atoms. The predicted molar refractivity (Wildman–Crippen MR) is 105 cm³/mol. The summed E-state index contributed by atoms with van der Waals surface area (Å²) in [5, 5.41) is 0. The molecule has 0 saturated carbocycles. The highest BCUT2D eigenvalue weighted by molar-refractivity contribution is 5.58. The molecule has 3 heterocycles. The topological polar surface area (TPSA) is 67.9 Å². The van der Waals surface area contributed by atoms with Crippen LogP contribution < -0.4 is 10.6 Å². The van der Waals surface area contributed by atoms with Crippen molar-refractivity contribution in [1.82, 2.24) is 15.0 Å². The molecule has 1 fully saturated rings. The van der Waals surface area contributed by atoms with E-state index >= 15 is 0 Å². The fourth-order valence-corrected chi connectivity index (χ4v) is 3.55. The number of piperidine rings is 1. The number of anilines is 2. The van der Waals surface area contributed by atoms with Crippen molar-refractivity contribution in [2.75, 3.05) is 23.7 Å². The van der Waals surface area contributed by atoms with Crippen LogP contribution in [0.15, 0.2) is 54.7 Å². The first-order chi connectivity index (χ1) is 12.7. The number of benzene rings is 1. The summed E-state index contributed by atoms with van der Waals surface area (Å²) in [6.45, 7) is 4.03. The molecule has 0 unspecified atom stereocenters. The highest BCUT2D eigenvalue weighted by Crippen LogP contribution is 2.30. The van der Waals surface area contributed by atoms with Gasteiger partial charge in [0.15, 0.2) is 5.82 Å². The Hall–Kier alpha value is -2.95. The Kier molecular flexibility index (Phi) is 4.52. The van der Waals surface area contributed by atoms with E-state index in [0.717, 1.165) is 43.0 Å².